The van der Waals surface area contributed by atoms with Gasteiger partial charge in [0.1, 0.15) is 0 Å². The third kappa shape index (κ3) is 5.92. The monoisotopic (exact) mass is 230 g/mol. The van der Waals surface area contributed by atoms with Crippen molar-refractivity contribution >= 4 is 11.4 Å². The number of nitrogens with one attached hydrogen (secondary N) is 2. The molecule has 0 amide bonds. The Morgan fingerprint density at radius 1 is 0.938 bits per heavy atom. The molecule has 0 heterocycles. The van der Waals surface area contributed by atoms with Gasteiger partial charge in [-0.2, -0.15) is 11.0 Å². The quantitative estimate of drug-likeness (QED) is 0.293. The van der Waals surface area contributed by atoms with Crippen LogP contribution < -0.4 is 11.0 Å². The van der Waals surface area contributed by atoms with Gasteiger partial charge in [0.15, 0.2) is 0 Å². The van der Waals surface area contributed by atoms with Crippen LogP contribution in [-0.4, -0.2) is 47.0 Å². The standard InChI is InChI=1S/C10H22N4O2/c1-7(9(3)13-15)11-5-6-12-8(2)10(4)14-16/h9-10,13-16H,5-6H2,1-4H3. The molecule has 0 aliphatic heterocycles. The van der Waals surface area contributed by atoms with E-state index in [-0.39, 0.29) is 12.1 Å². The summed E-state index contributed by atoms with van der Waals surface area (Å²) in [7, 11) is 0. The summed E-state index contributed by atoms with van der Waals surface area (Å²) in [6, 6.07) is -0.272. The van der Waals surface area contributed by atoms with Gasteiger partial charge >= 0.3 is 0 Å². The summed E-state index contributed by atoms with van der Waals surface area (Å²) >= 11 is 0. The topological polar surface area (TPSA) is 89.2 Å². The van der Waals surface area contributed by atoms with Crippen LogP contribution in [0.1, 0.15) is 27.7 Å². The lowest BCUT2D eigenvalue weighted by Crippen LogP contribution is -2.30. The average molecular weight is 230 g/mol. The van der Waals surface area contributed by atoms with Crippen LogP contribution in [0, 0.1) is 0 Å². The Balaban J connectivity index is 3.99. The smallest absolute Gasteiger partial charge is 0.0666 e. The number of aliphatic imine (C=N–C) groups is 2. The molecule has 6 heteroatoms. The van der Waals surface area contributed by atoms with E-state index in [0.717, 1.165) is 11.4 Å². The predicted molar refractivity (Wildman–Crippen MR) is 64.7 cm³/mol. The van der Waals surface area contributed by atoms with Gasteiger partial charge in [-0.15, -0.1) is 0 Å². The first kappa shape index (κ1) is 15.2. The third-order valence-electron chi connectivity index (χ3n) is 2.46. The minimum absolute atomic E-state index is 0.136. The largest absolute Gasteiger partial charge is 0.316 e. The van der Waals surface area contributed by atoms with Crippen LogP contribution in [0.4, 0.5) is 0 Å². The van der Waals surface area contributed by atoms with Gasteiger partial charge < -0.3 is 10.4 Å². The zero-order valence-electron chi connectivity index (χ0n) is 10.4. The van der Waals surface area contributed by atoms with Crippen molar-refractivity contribution in [3.8, 4) is 0 Å². The fourth-order valence-corrected chi connectivity index (χ4v) is 0.913. The Morgan fingerprint density at radius 3 is 1.50 bits per heavy atom. The average Bonchev–Trinajstić information content (AvgIpc) is 2.31. The van der Waals surface area contributed by atoms with E-state index < -0.39 is 0 Å². The van der Waals surface area contributed by atoms with Crippen molar-refractivity contribution in [3.63, 3.8) is 0 Å². The highest BCUT2D eigenvalue weighted by atomic mass is 16.5. The normalized spacial score (nSPS) is 17.4. The first-order valence-corrected chi connectivity index (χ1v) is 5.34. The lowest BCUT2D eigenvalue weighted by atomic mass is 10.2. The molecule has 6 nitrogen and oxygen atoms in total. The van der Waals surface area contributed by atoms with Crippen molar-refractivity contribution in [1.82, 2.24) is 11.0 Å². The van der Waals surface area contributed by atoms with Gasteiger partial charge in [-0.25, -0.2) is 0 Å². The second kappa shape index (κ2) is 8.35. The van der Waals surface area contributed by atoms with Crippen LogP contribution in [0.3, 0.4) is 0 Å². The predicted octanol–water partition coefficient (Wildman–Crippen LogP) is 0.643. The SMILES string of the molecule is CC(=NCCN=C(C)C(C)NO)C(C)NO. The lowest BCUT2D eigenvalue weighted by Gasteiger charge is -2.09. The zero-order chi connectivity index (χ0) is 12.6. The molecular formula is C10H22N4O2. The number of nitrogens with zero attached hydrogens (tertiary/aromatic N) is 2. The van der Waals surface area contributed by atoms with Crippen molar-refractivity contribution in [3.05, 3.63) is 0 Å². The van der Waals surface area contributed by atoms with Gasteiger partial charge in [0.05, 0.1) is 25.2 Å². The van der Waals surface area contributed by atoms with Crippen molar-refractivity contribution in [2.24, 2.45) is 9.98 Å². The van der Waals surface area contributed by atoms with Gasteiger partial charge in [-0.1, -0.05) is 0 Å². The lowest BCUT2D eigenvalue weighted by molar-refractivity contribution is 0.155. The van der Waals surface area contributed by atoms with E-state index in [1.165, 1.54) is 0 Å². The number of hydrogen-bond acceptors (Lipinski definition) is 6. The summed E-state index contributed by atoms with van der Waals surface area (Å²) in [4.78, 5) is 8.51. The van der Waals surface area contributed by atoms with Gasteiger partial charge in [0.2, 0.25) is 0 Å². The van der Waals surface area contributed by atoms with Gasteiger partial charge in [0.25, 0.3) is 0 Å². The molecule has 0 aliphatic carbocycles. The molecule has 94 valence electrons. The van der Waals surface area contributed by atoms with Gasteiger partial charge in [0, 0.05) is 11.4 Å². The van der Waals surface area contributed by atoms with Crippen molar-refractivity contribution in [2.75, 3.05) is 13.1 Å². The molecule has 0 spiro atoms. The summed E-state index contributed by atoms with van der Waals surface area (Å²) in [5.41, 5.74) is 5.94. The minimum atomic E-state index is -0.136. The summed E-state index contributed by atoms with van der Waals surface area (Å²) in [5.74, 6) is 0. The van der Waals surface area contributed by atoms with E-state index in [2.05, 4.69) is 20.9 Å². The first-order chi connectivity index (χ1) is 7.52. The van der Waals surface area contributed by atoms with Crippen LogP contribution in [0.2, 0.25) is 0 Å². The van der Waals surface area contributed by atoms with Crippen LogP contribution in [0.5, 0.6) is 0 Å². The molecular weight excluding hydrogens is 208 g/mol. The van der Waals surface area contributed by atoms with E-state index in [9.17, 15) is 0 Å². The summed E-state index contributed by atoms with van der Waals surface area (Å²) in [5, 5.41) is 17.3. The molecule has 0 radical (unpaired) electrons. The maximum Gasteiger partial charge on any atom is 0.0666 e. The van der Waals surface area contributed by atoms with E-state index in [1.54, 1.807) is 0 Å². The van der Waals surface area contributed by atoms with E-state index in [1.807, 2.05) is 27.7 Å². The molecule has 0 fully saturated rings. The molecule has 0 bridgehead atoms. The summed E-state index contributed by atoms with van der Waals surface area (Å²) < 4.78 is 0. The molecule has 2 unspecified atom stereocenters. The van der Waals surface area contributed by atoms with Crippen molar-refractivity contribution in [2.45, 2.75) is 39.8 Å². The van der Waals surface area contributed by atoms with Gasteiger partial charge in [-0.05, 0) is 27.7 Å². The molecule has 0 saturated heterocycles. The fourth-order valence-electron chi connectivity index (χ4n) is 0.913. The number of hydrogen-bond donors (Lipinski definition) is 4. The number of rotatable bonds is 7. The maximum atomic E-state index is 8.66. The highest BCUT2D eigenvalue weighted by Gasteiger charge is 2.03. The molecule has 0 aromatic carbocycles. The maximum absolute atomic E-state index is 8.66. The minimum Gasteiger partial charge on any atom is -0.316 e. The molecule has 2 atom stereocenters. The molecule has 0 saturated carbocycles. The molecule has 4 N–H and O–H groups in total. The summed E-state index contributed by atoms with van der Waals surface area (Å²) in [6.07, 6.45) is 0. The Hall–Kier alpha value is -0.820. The van der Waals surface area contributed by atoms with Gasteiger partial charge in [-0.3, -0.25) is 9.98 Å². The third-order valence-corrected chi connectivity index (χ3v) is 2.46. The van der Waals surface area contributed by atoms with E-state index in [0.29, 0.717) is 13.1 Å². The number of hydroxylamine groups is 2. The van der Waals surface area contributed by atoms with Crippen LogP contribution >= 0.6 is 0 Å². The molecule has 0 aliphatic rings. The Kier molecular flexibility index (Phi) is 7.92. The second-order valence-corrected chi connectivity index (χ2v) is 3.75. The van der Waals surface area contributed by atoms with Crippen molar-refractivity contribution < 1.29 is 10.4 Å². The van der Waals surface area contributed by atoms with E-state index in [4.69, 9.17) is 10.4 Å². The Morgan fingerprint density at radius 2 is 1.25 bits per heavy atom. The van der Waals surface area contributed by atoms with Crippen LogP contribution in [-0.2, 0) is 0 Å². The Labute approximate surface area is 96.4 Å². The second-order valence-electron chi connectivity index (χ2n) is 3.75. The highest BCUT2D eigenvalue weighted by molar-refractivity contribution is 5.87. The summed E-state index contributed by atoms with van der Waals surface area (Å²) in [6.45, 7) is 8.50. The van der Waals surface area contributed by atoms with Crippen molar-refractivity contribution in [1.29, 1.82) is 0 Å². The Bertz CT molecular complexity index is 227. The first-order valence-electron chi connectivity index (χ1n) is 5.34. The molecule has 0 rings (SSSR count). The van der Waals surface area contributed by atoms with E-state index >= 15 is 0 Å². The zero-order valence-corrected chi connectivity index (χ0v) is 10.4. The van der Waals surface area contributed by atoms with Crippen LogP contribution in [0.15, 0.2) is 9.98 Å². The van der Waals surface area contributed by atoms with Crippen LogP contribution in [0.25, 0.3) is 0 Å². The fraction of sp³-hybridized carbons (Fsp3) is 0.800. The molecule has 0 aromatic heterocycles. The molecule has 0 aromatic rings. The highest BCUT2D eigenvalue weighted by Crippen LogP contribution is 1.90. The molecule has 16 heavy (non-hydrogen) atoms.